The predicted molar refractivity (Wildman–Crippen MR) is 88.2 cm³/mol. The lowest BCUT2D eigenvalue weighted by Gasteiger charge is -2.34. The zero-order valence-corrected chi connectivity index (χ0v) is 14.1. The number of carbonyl (C=O) groups excluding carboxylic acids is 1. The highest BCUT2D eigenvalue weighted by Crippen LogP contribution is 2.59. The van der Waals surface area contributed by atoms with Crippen molar-refractivity contribution in [2.75, 3.05) is 12.3 Å². The molecular weight excluding hydrogens is 365 g/mol. The van der Waals surface area contributed by atoms with Crippen molar-refractivity contribution in [3.63, 3.8) is 0 Å². The number of Topliss-reactive ketones (excluding diaryl/α,β-unsaturated/α-hetero) is 1. The van der Waals surface area contributed by atoms with Crippen LogP contribution >= 0.6 is 0 Å². The van der Waals surface area contributed by atoms with Crippen molar-refractivity contribution in [2.24, 2.45) is 0 Å². The Morgan fingerprint density at radius 2 is 2.00 bits per heavy atom. The van der Waals surface area contributed by atoms with Gasteiger partial charge in [-0.05, 0) is 24.7 Å². The minimum Gasteiger partial charge on any atom is -0.455 e. The molecule has 4 rings (SSSR count). The number of nitrogens with one attached hydrogen (secondary N) is 1. The van der Waals surface area contributed by atoms with E-state index in [1.807, 2.05) is 0 Å². The minimum absolute atomic E-state index is 0.0818. The Morgan fingerprint density at radius 3 is 2.67 bits per heavy atom. The van der Waals surface area contributed by atoms with Crippen molar-refractivity contribution in [3.05, 3.63) is 53.1 Å². The summed E-state index contributed by atoms with van der Waals surface area (Å²) in [5.41, 5.74) is 4.89. The van der Waals surface area contributed by atoms with Gasteiger partial charge < -0.3 is 20.3 Å². The van der Waals surface area contributed by atoms with Crippen molar-refractivity contribution in [2.45, 2.75) is 24.6 Å². The number of rotatable bonds is 3. The maximum absolute atomic E-state index is 13.3. The molecule has 142 valence electrons. The Balaban J connectivity index is 1.92. The highest BCUT2D eigenvalue weighted by Gasteiger charge is 2.71. The number of nitrogens with two attached hydrogens (primary N) is 1. The summed E-state index contributed by atoms with van der Waals surface area (Å²) in [7, 11) is 0. The molecule has 4 N–H and O–H groups in total. The van der Waals surface area contributed by atoms with E-state index in [-0.39, 0.29) is 34.7 Å². The summed E-state index contributed by atoms with van der Waals surface area (Å²) >= 11 is 0. The second-order valence-corrected chi connectivity index (χ2v) is 6.33. The number of ether oxygens (including phenoxy) is 2. The number of hydrogen-bond donors (Lipinski definition) is 3. The lowest BCUT2D eigenvalue weighted by molar-refractivity contribution is -0.274. The quantitative estimate of drug-likeness (QED) is 0.708. The van der Waals surface area contributed by atoms with Gasteiger partial charge in [0.05, 0.1) is 5.56 Å². The third kappa shape index (κ3) is 2.18. The predicted octanol–water partition coefficient (Wildman–Crippen LogP) is 2.41. The van der Waals surface area contributed by atoms with Crippen LogP contribution in [0.3, 0.4) is 0 Å². The average molecular weight is 380 g/mol. The van der Waals surface area contributed by atoms with Gasteiger partial charge in [0.1, 0.15) is 11.5 Å². The van der Waals surface area contributed by atoms with Crippen molar-refractivity contribution >= 4 is 11.5 Å². The molecule has 0 spiro atoms. The summed E-state index contributed by atoms with van der Waals surface area (Å²) in [6.07, 6.45) is -4.88. The van der Waals surface area contributed by atoms with Gasteiger partial charge in [-0.25, -0.2) is 0 Å². The highest BCUT2D eigenvalue weighted by atomic mass is 19.4. The molecule has 2 aromatic rings. The number of nitrogen functional groups attached to an aromatic ring is 1. The SMILES string of the molecule is CCNC12C(=O)c3c(N)cccc3C1(O)Oc1cc(OC(F)(F)F)ccc12. The monoisotopic (exact) mass is 380 g/mol. The first kappa shape index (κ1) is 17.6. The van der Waals surface area contributed by atoms with Gasteiger partial charge in [-0.2, -0.15) is 0 Å². The molecule has 0 amide bonds. The molecule has 0 aromatic heterocycles. The molecule has 9 heteroatoms. The smallest absolute Gasteiger partial charge is 0.455 e. The largest absolute Gasteiger partial charge is 0.573 e. The molecular formula is C18H15F3N2O4. The molecule has 2 aromatic carbocycles. The van der Waals surface area contributed by atoms with Gasteiger partial charge in [0, 0.05) is 22.9 Å². The summed E-state index contributed by atoms with van der Waals surface area (Å²) in [4.78, 5) is 13.3. The summed E-state index contributed by atoms with van der Waals surface area (Å²) in [5, 5.41) is 14.3. The number of likely N-dealkylation sites (N-methyl/N-ethyl adjacent to an activating group) is 1. The van der Waals surface area contributed by atoms with Gasteiger partial charge in [-0.15, -0.1) is 13.2 Å². The first-order valence-corrected chi connectivity index (χ1v) is 8.14. The van der Waals surface area contributed by atoms with Crippen molar-refractivity contribution in [3.8, 4) is 11.5 Å². The highest BCUT2D eigenvalue weighted by molar-refractivity contribution is 6.13. The zero-order valence-electron chi connectivity index (χ0n) is 14.1. The van der Waals surface area contributed by atoms with Crippen LogP contribution in [0.4, 0.5) is 18.9 Å². The number of hydrogen-bond acceptors (Lipinski definition) is 6. The Hall–Kier alpha value is -2.78. The van der Waals surface area contributed by atoms with Crippen LogP contribution in [0, 0.1) is 0 Å². The van der Waals surface area contributed by atoms with Gasteiger partial charge in [0.25, 0.3) is 5.79 Å². The number of fused-ring (bicyclic) bond motifs is 5. The van der Waals surface area contributed by atoms with Gasteiger partial charge in [-0.3, -0.25) is 10.1 Å². The Morgan fingerprint density at radius 1 is 1.26 bits per heavy atom. The Labute approximate surface area is 151 Å². The summed E-state index contributed by atoms with van der Waals surface area (Å²) in [6.45, 7) is 2.01. The molecule has 0 bridgehead atoms. The normalized spacial score (nSPS) is 25.6. The lowest BCUT2D eigenvalue weighted by atomic mass is 9.83. The average Bonchev–Trinajstić information content (AvgIpc) is 2.91. The molecule has 1 aliphatic carbocycles. The third-order valence-corrected chi connectivity index (χ3v) is 4.83. The van der Waals surface area contributed by atoms with Crippen molar-refractivity contribution in [1.82, 2.24) is 5.32 Å². The van der Waals surface area contributed by atoms with Crippen molar-refractivity contribution < 1.29 is 32.5 Å². The summed E-state index contributed by atoms with van der Waals surface area (Å²) in [5.74, 6) is -3.26. The number of carbonyl (C=O) groups is 1. The molecule has 1 heterocycles. The number of alkyl halides is 3. The number of benzene rings is 2. The van der Waals surface area contributed by atoms with E-state index in [9.17, 15) is 23.1 Å². The topological polar surface area (TPSA) is 93.8 Å². The van der Waals surface area contributed by atoms with Crippen molar-refractivity contribution in [1.29, 1.82) is 0 Å². The first-order valence-electron chi connectivity index (χ1n) is 8.14. The molecule has 27 heavy (non-hydrogen) atoms. The van der Waals surface area contributed by atoms with Gasteiger partial charge in [0.2, 0.25) is 0 Å². The first-order chi connectivity index (χ1) is 12.6. The number of halogens is 3. The van der Waals surface area contributed by atoms with E-state index in [1.165, 1.54) is 18.2 Å². The van der Waals surface area contributed by atoms with Gasteiger partial charge in [-0.1, -0.05) is 19.1 Å². The van der Waals surface area contributed by atoms with Gasteiger partial charge >= 0.3 is 6.36 Å². The molecule has 0 radical (unpaired) electrons. The van der Waals surface area contributed by atoms with Gasteiger partial charge in [0.15, 0.2) is 11.3 Å². The molecule has 2 unspecified atom stereocenters. The number of aliphatic hydroxyl groups is 1. The lowest BCUT2D eigenvalue weighted by Crippen LogP contribution is -2.58. The maximum Gasteiger partial charge on any atom is 0.573 e. The van der Waals surface area contributed by atoms with Crippen LogP contribution in [0.15, 0.2) is 36.4 Å². The fourth-order valence-corrected chi connectivity index (χ4v) is 3.90. The van der Waals surface area contributed by atoms with E-state index in [2.05, 4.69) is 10.1 Å². The van der Waals surface area contributed by atoms with Crippen LogP contribution in [-0.4, -0.2) is 23.8 Å². The number of anilines is 1. The third-order valence-electron chi connectivity index (χ3n) is 4.83. The van der Waals surface area contributed by atoms with Crippen LogP contribution in [0.2, 0.25) is 0 Å². The molecule has 0 fully saturated rings. The number of ketones is 1. The van der Waals surface area contributed by atoms with E-state index in [1.54, 1.807) is 13.0 Å². The standard InChI is InChI=1S/C18H15F3N2O4/c1-2-23-16-10-7-6-9(26-18(19,20)21)8-13(10)27-17(16,25)11-4-3-5-12(22)14(11)15(16)24/h3-8,23,25H,2,22H2,1H3. The molecule has 2 atom stereocenters. The molecule has 1 aliphatic heterocycles. The van der Waals surface area contributed by atoms with E-state index in [4.69, 9.17) is 10.5 Å². The molecule has 6 nitrogen and oxygen atoms in total. The van der Waals surface area contributed by atoms with E-state index >= 15 is 0 Å². The fraction of sp³-hybridized carbons (Fsp3) is 0.278. The fourth-order valence-electron chi connectivity index (χ4n) is 3.90. The molecule has 2 aliphatic rings. The van der Waals surface area contributed by atoms with Crippen LogP contribution in [0.5, 0.6) is 11.5 Å². The zero-order chi connectivity index (χ0) is 19.6. The second kappa shape index (κ2) is 5.37. The van der Waals surface area contributed by atoms with E-state index in [0.29, 0.717) is 0 Å². The van der Waals surface area contributed by atoms with E-state index in [0.717, 1.165) is 12.1 Å². The van der Waals surface area contributed by atoms with E-state index < -0.39 is 29.2 Å². The minimum atomic E-state index is -4.88. The summed E-state index contributed by atoms with van der Waals surface area (Å²) in [6, 6.07) is 7.93. The van der Waals surface area contributed by atoms with Crippen LogP contribution in [0.25, 0.3) is 0 Å². The van der Waals surface area contributed by atoms with Crippen LogP contribution < -0.4 is 20.5 Å². The second-order valence-electron chi connectivity index (χ2n) is 6.33. The molecule has 0 saturated heterocycles. The Kier molecular flexibility index (Phi) is 3.50. The molecule has 0 saturated carbocycles. The maximum atomic E-state index is 13.3. The Bertz CT molecular complexity index is 962. The van der Waals surface area contributed by atoms with Crippen LogP contribution in [-0.2, 0) is 11.3 Å². The summed E-state index contributed by atoms with van der Waals surface area (Å²) < 4.78 is 47.1. The van der Waals surface area contributed by atoms with Crippen LogP contribution in [0.1, 0.15) is 28.4 Å².